The Kier molecular flexibility index (Phi) is 3.83. The molecule has 2 atom stereocenters. The predicted molar refractivity (Wildman–Crippen MR) is 59.1 cm³/mol. The van der Waals surface area contributed by atoms with Crippen LogP contribution < -0.4 is 5.73 Å². The molecule has 0 spiro atoms. The van der Waals surface area contributed by atoms with Crippen LogP contribution in [0.2, 0.25) is 0 Å². The fraction of sp³-hybridized carbons (Fsp3) is 0.500. The minimum absolute atomic E-state index is 0.244. The Balaban J connectivity index is 3.18. The van der Waals surface area contributed by atoms with E-state index in [0.717, 1.165) is 5.56 Å². The number of halogens is 1. The van der Waals surface area contributed by atoms with Crippen molar-refractivity contribution in [2.45, 2.75) is 38.8 Å². The molecule has 0 fully saturated rings. The van der Waals surface area contributed by atoms with Gasteiger partial charge >= 0.3 is 0 Å². The van der Waals surface area contributed by atoms with Crippen molar-refractivity contribution in [1.29, 1.82) is 0 Å². The van der Waals surface area contributed by atoms with Gasteiger partial charge in [-0.3, -0.25) is 0 Å². The van der Waals surface area contributed by atoms with Crippen LogP contribution in [0.1, 0.15) is 43.9 Å². The van der Waals surface area contributed by atoms with Crippen LogP contribution in [0.4, 0.5) is 4.39 Å². The van der Waals surface area contributed by atoms with Crippen molar-refractivity contribution < 1.29 is 9.50 Å². The van der Waals surface area contributed by atoms with Gasteiger partial charge in [-0.05, 0) is 36.1 Å². The molecule has 15 heavy (non-hydrogen) atoms. The summed E-state index contributed by atoms with van der Waals surface area (Å²) < 4.78 is 13.1. The second-order valence-corrected chi connectivity index (χ2v) is 4.23. The van der Waals surface area contributed by atoms with Crippen LogP contribution in [0.15, 0.2) is 18.2 Å². The monoisotopic (exact) mass is 211 g/mol. The van der Waals surface area contributed by atoms with E-state index in [0.29, 0.717) is 5.56 Å². The first-order valence-corrected chi connectivity index (χ1v) is 5.16. The summed E-state index contributed by atoms with van der Waals surface area (Å²) >= 11 is 0. The zero-order chi connectivity index (χ0) is 11.6. The maximum Gasteiger partial charge on any atom is 0.123 e. The van der Waals surface area contributed by atoms with Crippen molar-refractivity contribution in [2.75, 3.05) is 0 Å². The second-order valence-electron chi connectivity index (χ2n) is 4.23. The Morgan fingerprint density at radius 3 is 2.27 bits per heavy atom. The van der Waals surface area contributed by atoms with Gasteiger partial charge in [-0.1, -0.05) is 19.9 Å². The molecule has 0 heterocycles. The summed E-state index contributed by atoms with van der Waals surface area (Å²) in [4.78, 5) is 0. The third-order valence-corrected chi connectivity index (χ3v) is 2.49. The highest BCUT2D eigenvalue weighted by atomic mass is 19.1. The minimum Gasteiger partial charge on any atom is -0.387 e. The minimum atomic E-state index is -0.807. The molecule has 2 unspecified atom stereocenters. The number of aliphatic hydroxyl groups excluding tert-OH is 1. The number of hydrogen-bond donors (Lipinski definition) is 2. The number of nitrogens with two attached hydrogens (primary N) is 1. The lowest BCUT2D eigenvalue weighted by Gasteiger charge is -2.20. The van der Waals surface area contributed by atoms with Crippen LogP contribution in [-0.4, -0.2) is 11.1 Å². The SMILES string of the molecule is CC(C)c1ccc(F)cc1C(O)C(C)N. The van der Waals surface area contributed by atoms with Gasteiger partial charge in [0.1, 0.15) is 5.82 Å². The molecule has 0 amide bonds. The van der Waals surface area contributed by atoms with Gasteiger partial charge < -0.3 is 10.8 Å². The van der Waals surface area contributed by atoms with Gasteiger partial charge in [-0.15, -0.1) is 0 Å². The van der Waals surface area contributed by atoms with E-state index in [9.17, 15) is 9.50 Å². The van der Waals surface area contributed by atoms with Gasteiger partial charge in [-0.25, -0.2) is 4.39 Å². The average molecular weight is 211 g/mol. The first-order chi connectivity index (χ1) is 6.93. The van der Waals surface area contributed by atoms with Gasteiger partial charge in [-0.2, -0.15) is 0 Å². The third-order valence-electron chi connectivity index (χ3n) is 2.49. The molecule has 1 rings (SSSR count). The van der Waals surface area contributed by atoms with Gasteiger partial charge in [0.15, 0.2) is 0 Å². The lowest BCUT2D eigenvalue weighted by atomic mass is 9.91. The van der Waals surface area contributed by atoms with Crippen molar-refractivity contribution in [3.63, 3.8) is 0 Å². The van der Waals surface area contributed by atoms with Crippen LogP contribution in [0, 0.1) is 5.82 Å². The van der Waals surface area contributed by atoms with Gasteiger partial charge in [0.2, 0.25) is 0 Å². The quantitative estimate of drug-likeness (QED) is 0.806. The van der Waals surface area contributed by atoms with E-state index in [2.05, 4.69) is 0 Å². The lowest BCUT2D eigenvalue weighted by molar-refractivity contribution is 0.151. The van der Waals surface area contributed by atoms with Crippen molar-refractivity contribution in [2.24, 2.45) is 5.73 Å². The van der Waals surface area contributed by atoms with E-state index in [4.69, 9.17) is 5.73 Å². The topological polar surface area (TPSA) is 46.2 Å². The molecule has 1 aromatic rings. The molecular formula is C12H18FNO. The number of hydrogen-bond acceptors (Lipinski definition) is 2. The van der Waals surface area contributed by atoms with Crippen molar-refractivity contribution in [3.05, 3.63) is 35.1 Å². The Morgan fingerprint density at radius 1 is 1.20 bits per heavy atom. The predicted octanol–water partition coefficient (Wildman–Crippen LogP) is 2.33. The average Bonchev–Trinajstić information content (AvgIpc) is 2.15. The molecule has 0 radical (unpaired) electrons. The summed E-state index contributed by atoms with van der Waals surface area (Å²) in [6.45, 7) is 5.72. The first kappa shape index (κ1) is 12.1. The Hall–Kier alpha value is -0.930. The smallest absolute Gasteiger partial charge is 0.123 e. The summed E-state index contributed by atoms with van der Waals surface area (Å²) in [7, 11) is 0. The molecule has 0 aliphatic rings. The zero-order valence-electron chi connectivity index (χ0n) is 9.37. The zero-order valence-corrected chi connectivity index (χ0v) is 9.37. The van der Waals surface area contributed by atoms with Gasteiger partial charge in [0.25, 0.3) is 0 Å². The number of rotatable bonds is 3. The van der Waals surface area contributed by atoms with E-state index in [1.807, 2.05) is 13.8 Å². The van der Waals surface area contributed by atoms with Crippen molar-refractivity contribution in [3.8, 4) is 0 Å². The second kappa shape index (κ2) is 4.73. The highest BCUT2D eigenvalue weighted by molar-refractivity contribution is 5.32. The summed E-state index contributed by atoms with van der Waals surface area (Å²) in [5.41, 5.74) is 7.16. The lowest BCUT2D eigenvalue weighted by Crippen LogP contribution is -2.25. The molecule has 3 heteroatoms. The van der Waals surface area contributed by atoms with Crippen LogP contribution in [0.25, 0.3) is 0 Å². The Morgan fingerprint density at radius 2 is 1.80 bits per heavy atom. The molecule has 3 N–H and O–H groups in total. The fourth-order valence-electron chi connectivity index (χ4n) is 1.61. The Labute approximate surface area is 89.9 Å². The molecule has 2 nitrogen and oxygen atoms in total. The van der Waals surface area contributed by atoms with Crippen LogP contribution in [0.3, 0.4) is 0 Å². The largest absolute Gasteiger partial charge is 0.387 e. The van der Waals surface area contributed by atoms with Crippen LogP contribution in [-0.2, 0) is 0 Å². The van der Waals surface area contributed by atoms with E-state index < -0.39 is 12.1 Å². The van der Waals surface area contributed by atoms with E-state index in [-0.39, 0.29) is 11.7 Å². The van der Waals surface area contributed by atoms with E-state index >= 15 is 0 Å². The standard InChI is InChI=1S/C12H18FNO/c1-7(2)10-5-4-9(13)6-11(10)12(15)8(3)14/h4-8,12,15H,14H2,1-3H3. The van der Waals surface area contributed by atoms with Crippen molar-refractivity contribution in [1.82, 2.24) is 0 Å². The molecule has 0 aromatic heterocycles. The first-order valence-electron chi connectivity index (χ1n) is 5.16. The molecule has 0 aliphatic carbocycles. The molecule has 0 aliphatic heterocycles. The van der Waals surface area contributed by atoms with Crippen molar-refractivity contribution >= 4 is 0 Å². The maximum atomic E-state index is 13.1. The van der Waals surface area contributed by atoms with E-state index in [1.165, 1.54) is 12.1 Å². The number of benzene rings is 1. The molecular weight excluding hydrogens is 193 g/mol. The van der Waals surface area contributed by atoms with Gasteiger partial charge in [0.05, 0.1) is 6.10 Å². The molecule has 1 aromatic carbocycles. The summed E-state index contributed by atoms with van der Waals surface area (Å²) in [6, 6.07) is 4.08. The normalized spacial score (nSPS) is 15.4. The Bertz CT molecular complexity index is 336. The van der Waals surface area contributed by atoms with Crippen LogP contribution in [0.5, 0.6) is 0 Å². The molecule has 0 bridgehead atoms. The van der Waals surface area contributed by atoms with Crippen LogP contribution >= 0.6 is 0 Å². The summed E-state index contributed by atoms with van der Waals surface area (Å²) in [5, 5.41) is 9.86. The summed E-state index contributed by atoms with van der Waals surface area (Å²) in [5.74, 6) is -0.0944. The van der Waals surface area contributed by atoms with E-state index in [1.54, 1.807) is 13.0 Å². The molecule has 84 valence electrons. The highest BCUT2D eigenvalue weighted by Gasteiger charge is 2.18. The molecule has 0 saturated carbocycles. The number of aliphatic hydroxyl groups is 1. The maximum absolute atomic E-state index is 13.1. The molecule has 0 saturated heterocycles. The van der Waals surface area contributed by atoms with Gasteiger partial charge in [0, 0.05) is 6.04 Å². The summed E-state index contributed by atoms with van der Waals surface area (Å²) in [6.07, 6.45) is -0.807. The third kappa shape index (κ3) is 2.76. The fourth-order valence-corrected chi connectivity index (χ4v) is 1.61. The highest BCUT2D eigenvalue weighted by Crippen LogP contribution is 2.27.